The second kappa shape index (κ2) is 7.83. The van der Waals surface area contributed by atoms with Gasteiger partial charge in [0, 0.05) is 11.8 Å². The maximum Gasteiger partial charge on any atom is 0.263 e. The highest BCUT2D eigenvalue weighted by Gasteiger charge is 2.15. The minimum atomic E-state index is -0.534. The number of hydrogen-bond acceptors (Lipinski definition) is 3. The third-order valence-electron chi connectivity index (χ3n) is 4.42. The van der Waals surface area contributed by atoms with Crippen molar-refractivity contribution in [1.29, 1.82) is 0 Å². The zero-order valence-electron chi connectivity index (χ0n) is 15.2. The first kappa shape index (κ1) is 18.3. The number of carbonyl (C=O) groups is 2. The number of nitrogens with zero attached hydrogens (tertiary/aromatic N) is 1. The second-order valence-electron chi connectivity index (χ2n) is 6.34. The third kappa shape index (κ3) is 4.03. The number of amides is 1. The van der Waals surface area contributed by atoms with Gasteiger partial charge in [0.25, 0.3) is 11.5 Å². The van der Waals surface area contributed by atoms with Crippen LogP contribution in [0.5, 0.6) is 0 Å². The molecule has 27 heavy (non-hydrogen) atoms. The Kier molecular flexibility index (Phi) is 5.31. The summed E-state index contributed by atoms with van der Waals surface area (Å²) in [5, 5.41) is 2.68. The van der Waals surface area contributed by atoms with Crippen molar-refractivity contribution in [3.63, 3.8) is 0 Å². The van der Waals surface area contributed by atoms with Gasteiger partial charge < -0.3 is 9.88 Å². The number of hydrogen-bond donors (Lipinski definition) is 1. The number of benzene rings is 2. The van der Waals surface area contributed by atoms with E-state index < -0.39 is 5.91 Å². The summed E-state index contributed by atoms with van der Waals surface area (Å²) in [7, 11) is 0. The van der Waals surface area contributed by atoms with E-state index >= 15 is 0 Å². The van der Waals surface area contributed by atoms with Gasteiger partial charge in [-0.3, -0.25) is 14.4 Å². The zero-order chi connectivity index (χ0) is 19.4. The normalized spacial score (nSPS) is 10.4. The quantitative estimate of drug-likeness (QED) is 0.706. The molecule has 0 saturated carbocycles. The Morgan fingerprint density at radius 2 is 1.59 bits per heavy atom. The number of carbonyl (C=O) groups excluding carboxylic acids is 2. The molecule has 5 heteroatoms. The number of para-hydroxylation sites is 1. The van der Waals surface area contributed by atoms with Crippen LogP contribution in [0.15, 0.2) is 71.7 Å². The van der Waals surface area contributed by atoms with Crippen molar-refractivity contribution < 1.29 is 9.59 Å². The van der Waals surface area contributed by atoms with Crippen LogP contribution < -0.4 is 10.9 Å². The monoisotopic (exact) mass is 360 g/mol. The molecule has 5 nitrogen and oxygen atoms in total. The number of aryl methyl sites for hydroxylation is 1. The molecule has 0 radical (unpaired) electrons. The first-order chi connectivity index (χ1) is 13.0. The molecule has 1 N–H and O–H groups in total. The molecule has 0 aliphatic heterocycles. The van der Waals surface area contributed by atoms with E-state index in [0.29, 0.717) is 17.8 Å². The Morgan fingerprint density at radius 3 is 2.33 bits per heavy atom. The summed E-state index contributed by atoms with van der Waals surface area (Å²) >= 11 is 0. The number of ketones is 1. The van der Waals surface area contributed by atoms with Gasteiger partial charge in [0.1, 0.15) is 5.56 Å². The van der Waals surface area contributed by atoms with Crippen molar-refractivity contribution in [2.75, 3.05) is 5.32 Å². The van der Waals surface area contributed by atoms with E-state index in [4.69, 9.17) is 0 Å². The summed E-state index contributed by atoms with van der Waals surface area (Å²) in [6.45, 7) is 3.80. The lowest BCUT2D eigenvalue weighted by Gasteiger charge is -2.11. The van der Waals surface area contributed by atoms with E-state index in [1.165, 1.54) is 17.6 Å². The van der Waals surface area contributed by atoms with Gasteiger partial charge >= 0.3 is 0 Å². The van der Waals surface area contributed by atoms with Crippen LogP contribution in [0.1, 0.15) is 38.8 Å². The minimum absolute atomic E-state index is 0.0319. The number of aromatic nitrogens is 1. The van der Waals surface area contributed by atoms with Crippen molar-refractivity contribution >= 4 is 17.4 Å². The van der Waals surface area contributed by atoms with Gasteiger partial charge in [0.2, 0.25) is 0 Å². The van der Waals surface area contributed by atoms with E-state index in [1.807, 2.05) is 31.2 Å². The Labute approximate surface area is 157 Å². The first-order valence-electron chi connectivity index (χ1n) is 8.62. The van der Waals surface area contributed by atoms with E-state index in [9.17, 15) is 14.4 Å². The van der Waals surface area contributed by atoms with Crippen LogP contribution >= 0.6 is 0 Å². The predicted molar refractivity (Wildman–Crippen MR) is 105 cm³/mol. The number of Topliss-reactive ketones (excluding diaryl/α,β-unsaturated/α-hetero) is 1. The van der Waals surface area contributed by atoms with Gasteiger partial charge in [-0.2, -0.15) is 0 Å². The lowest BCUT2D eigenvalue weighted by atomic mass is 10.1. The molecule has 136 valence electrons. The Balaban J connectivity index is 1.90. The average Bonchev–Trinajstić information content (AvgIpc) is 2.65. The topological polar surface area (TPSA) is 68.2 Å². The van der Waals surface area contributed by atoms with E-state index in [2.05, 4.69) is 5.32 Å². The molecule has 0 atom stereocenters. The van der Waals surface area contributed by atoms with Crippen molar-refractivity contribution in [3.05, 3.63) is 99.5 Å². The predicted octanol–water partition coefficient (Wildman–Crippen LogP) is 3.66. The maximum atomic E-state index is 12.8. The van der Waals surface area contributed by atoms with Crippen molar-refractivity contribution in [2.45, 2.75) is 20.4 Å². The fourth-order valence-electron chi connectivity index (χ4n) is 2.89. The minimum Gasteiger partial charge on any atom is -0.321 e. The molecule has 1 amide bonds. The Bertz CT molecular complexity index is 1070. The van der Waals surface area contributed by atoms with Crippen molar-refractivity contribution in [3.8, 4) is 0 Å². The summed E-state index contributed by atoms with van der Waals surface area (Å²) in [5.74, 6) is -0.691. The van der Waals surface area contributed by atoms with Gasteiger partial charge in [-0.05, 0) is 49.2 Å². The van der Waals surface area contributed by atoms with Crippen LogP contribution in [0.2, 0.25) is 0 Å². The molecule has 0 aliphatic rings. The molecule has 0 fully saturated rings. The summed E-state index contributed by atoms with van der Waals surface area (Å²) in [6.07, 6.45) is 1.66. The standard InChI is InChI=1S/C22H20N2O3/c1-15-8-3-4-9-17(15)14-24-13-7-11-19(22(24)27)21(26)23-20-12-6-5-10-18(20)16(2)25/h3-13H,14H2,1-2H3,(H,23,26). The molecule has 1 heterocycles. The SMILES string of the molecule is CC(=O)c1ccccc1NC(=O)c1cccn(Cc2ccccc2C)c1=O. The largest absolute Gasteiger partial charge is 0.321 e. The van der Waals surface area contributed by atoms with Gasteiger partial charge in [-0.1, -0.05) is 36.4 Å². The summed E-state index contributed by atoms with van der Waals surface area (Å²) < 4.78 is 1.51. The Morgan fingerprint density at radius 1 is 0.926 bits per heavy atom. The molecule has 1 aromatic heterocycles. The third-order valence-corrected chi connectivity index (χ3v) is 4.42. The number of nitrogens with one attached hydrogen (secondary N) is 1. The van der Waals surface area contributed by atoms with Crippen LogP contribution in [0.4, 0.5) is 5.69 Å². The highest BCUT2D eigenvalue weighted by atomic mass is 16.2. The fraction of sp³-hybridized carbons (Fsp3) is 0.136. The van der Waals surface area contributed by atoms with Crippen LogP contribution in [-0.4, -0.2) is 16.3 Å². The summed E-state index contributed by atoms with van der Waals surface area (Å²) in [6, 6.07) is 17.7. The molecule has 0 unspecified atom stereocenters. The second-order valence-corrected chi connectivity index (χ2v) is 6.34. The highest BCUT2D eigenvalue weighted by Crippen LogP contribution is 2.16. The molecule has 3 rings (SSSR count). The molecular weight excluding hydrogens is 340 g/mol. The van der Waals surface area contributed by atoms with Crippen molar-refractivity contribution in [1.82, 2.24) is 4.57 Å². The molecule has 0 bridgehead atoms. The van der Waals surface area contributed by atoms with Crippen LogP contribution in [-0.2, 0) is 6.54 Å². The van der Waals surface area contributed by atoms with Gasteiger partial charge in [-0.15, -0.1) is 0 Å². The average molecular weight is 360 g/mol. The number of rotatable bonds is 5. The molecule has 0 aliphatic carbocycles. The summed E-state index contributed by atoms with van der Waals surface area (Å²) in [4.78, 5) is 37.1. The van der Waals surface area contributed by atoms with E-state index in [0.717, 1.165) is 11.1 Å². The van der Waals surface area contributed by atoms with Gasteiger partial charge in [0.05, 0.1) is 12.2 Å². The highest BCUT2D eigenvalue weighted by molar-refractivity contribution is 6.08. The Hall–Kier alpha value is -3.47. The van der Waals surface area contributed by atoms with Crippen LogP contribution in [0.25, 0.3) is 0 Å². The number of pyridine rings is 1. The van der Waals surface area contributed by atoms with Gasteiger partial charge in [-0.25, -0.2) is 0 Å². The lowest BCUT2D eigenvalue weighted by Crippen LogP contribution is -2.29. The summed E-state index contributed by atoms with van der Waals surface area (Å²) in [5.41, 5.74) is 2.54. The van der Waals surface area contributed by atoms with Crippen molar-refractivity contribution in [2.24, 2.45) is 0 Å². The van der Waals surface area contributed by atoms with E-state index in [1.54, 1.807) is 36.5 Å². The van der Waals surface area contributed by atoms with Crippen LogP contribution in [0, 0.1) is 6.92 Å². The zero-order valence-corrected chi connectivity index (χ0v) is 15.2. The molecular formula is C22H20N2O3. The fourth-order valence-corrected chi connectivity index (χ4v) is 2.89. The molecule has 0 saturated heterocycles. The van der Waals surface area contributed by atoms with Crippen LogP contribution in [0.3, 0.4) is 0 Å². The molecule has 0 spiro atoms. The van der Waals surface area contributed by atoms with Gasteiger partial charge in [0.15, 0.2) is 5.78 Å². The smallest absolute Gasteiger partial charge is 0.263 e. The number of anilines is 1. The first-order valence-corrected chi connectivity index (χ1v) is 8.62. The molecule has 3 aromatic rings. The maximum absolute atomic E-state index is 12.8. The van der Waals surface area contributed by atoms with E-state index in [-0.39, 0.29) is 16.9 Å². The molecule has 2 aromatic carbocycles. The lowest BCUT2D eigenvalue weighted by molar-refractivity contribution is 0.101.